The van der Waals surface area contributed by atoms with Crippen molar-refractivity contribution >= 4 is 5.91 Å². The van der Waals surface area contributed by atoms with E-state index >= 15 is 0 Å². The van der Waals surface area contributed by atoms with Gasteiger partial charge in [-0.05, 0) is 45.0 Å². The number of nitrogens with one attached hydrogen (secondary N) is 2. The highest BCUT2D eigenvalue weighted by molar-refractivity contribution is 5.93. The number of aromatic nitrogens is 3. The monoisotopic (exact) mass is 365 g/mol. The molecule has 2 aromatic rings. The van der Waals surface area contributed by atoms with Gasteiger partial charge in [-0.25, -0.2) is 13.5 Å². The highest BCUT2D eigenvalue weighted by Crippen LogP contribution is 2.21. The molecule has 0 radical (unpaired) electrons. The van der Waals surface area contributed by atoms with Gasteiger partial charge in [0.2, 0.25) is 0 Å². The Bertz CT molecular complexity index is 769. The Hall–Kier alpha value is -2.39. The predicted molar refractivity (Wildman–Crippen MR) is 89.6 cm³/mol. The number of amides is 1. The van der Waals surface area contributed by atoms with Crippen LogP contribution in [0.15, 0.2) is 18.2 Å². The number of hydrogen-bond donors (Lipinski definition) is 3. The molecule has 1 aromatic carbocycles. The second-order valence-electron chi connectivity index (χ2n) is 6.31. The number of aliphatic hydroxyl groups is 1. The fraction of sp³-hybridized carbons (Fsp3) is 0.471. The summed E-state index contributed by atoms with van der Waals surface area (Å²) in [5.74, 6) is -2.27. The van der Waals surface area contributed by atoms with Gasteiger partial charge in [-0.1, -0.05) is 11.3 Å². The van der Waals surface area contributed by atoms with E-state index in [4.69, 9.17) is 0 Å². The first-order chi connectivity index (χ1) is 12.5. The zero-order valence-corrected chi connectivity index (χ0v) is 14.4. The maximum Gasteiger partial charge on any atom is 0.273 e. The van der Waals surface area contributed by atoms with Crippen LogP contribution in [0.3, 0.4) is 0 Å². The first kappa shape index (κ1) is 18.4. The number of rotatable bonds is 5. The van der Waals surface area contributed by atoms with E-state index in [0.29, 0.717) is 5.69 Å². The summed E-state index contributed by atoms with van der Waals surface area (Å²) in [4.78, 5) is 12.3. The zero-order chi connectivity index (χ0) is 18.7. The minimum atomic E-state index is -1.50. The summed E-state index contributed by atoms with van der Waals surface area (Å²) >= 11 is 0. The predicted octanol–water partition coefficient (Wildman–Crippen LogP) is 1.25. The van der Waals surface area contributed by atoms with Crippen LogP contribution < -0.4 is 10.6 Å². The van der Waals surface area contributed by atoms with Gasteiger partial charge in [0.15, 0.2) is 5.69 Å². The van der Waals surface area contributed by atoms with E-state index in [1.54, 1.807) is 11.6 Å². The summed E-state index contributed by atoms with van der Waals surface area (Å²) < 4.78 is 29.1. The van der Waals surface area contributed by atoms with Crippen molar-refractivity contribution in [3.8, 4) is 0 Å². The molecule has 0 spiro atoms. The third kappa shape index (κ3) is 3.73. The van der Waals surface area contributed by atoms with Gasteiger partial charge in [0, 0.05) is 6.54 Å². The molecule has 1 amide bonds. The first-order valence-corrected chi connectivity index (χ1v) is 8.51. The average molecular weight is 365 g/mol. The number of carbonyl (C=O) groups is 1. The number of hydrogen-bond acceptors (Lipinski definition) is 5. The summed E-state index contributed by atoms with van der Waals surface area (Å²) in [5, 5.41) is 23.7. The Morgan fingerprint density at radius 3 is 2.69 bits per heavy atom. The third-order valence-corrected chi connectivity index (χ3v) is 4.59. The Morgan fingerprint density at radius 1 is 1.38 bits per heavy atom. The standard InChI is InChI=1S/C17H21F2N5O2/c1-10-16(22-23-24(10)11-5-7-20-8-6-11)17(26)21-9-14(25)15-12(18)3-2-4-13(15)19/h2-4,11,14,20,25H,5-9H2,1H3,(H,21,26)/t14-/m1/s1. The van der Waals surface area contributed by atoms with Crippen molar-refractivity contribution in [2.45, 2.75) is 31.9 Å². The Balaban J connectivity index is 1.66. The van der Waals surface area contributed by atoms with Crippen LogP contribution in [0, 0.1) is 18.6 Å². The first-order valence-electron chi connectivity index (χ1n) is 8.51. The van der Waals surface area contributed by atoms with Crippen LogP contribution in [-0.2, 0) is 0 Å². The van der Waals surface area contributed by atoms with E-state index in [9.17, 15) is 18.7 Å². The molecular weight excluding hydrogens is 344 g/mol. The lowest BCUT2D eigenvalue weighted by atomic mass is 10.1. The second kappa shape index (κ2) is 7.88. The van der Waals surface area contributed by atoms with Gasteiger partial charge in [0.25, 0.3) is 5.91 Å². The summed E-state index contributed by atoms with van der Waals surface area (Å²) in [6, 6.07) is 3.50. The van der Waals surface area contributed by atoms with Gasteiger partial charge < -0.3 is 15.7 Å². The average Bonchev–Trinajstić information content (AvgIpc) is 3.02. The van der Waals surface area contributed by atoms with Crippen LogP contribution >= 0.6 is 0 Å². The lowest BCUT2D eigenvalue weighted by Gasteiger charge is -2.23. The number of carbonyl (C=O) groups excluding carboxylic acids is 1. The van der Waals surface area contributed by atoms with Crippen molar-refractivity contribution in [1.82, 2.24) is 25.6 Å². The van der Waals surface area contributed by atoms with Crippen molar-refractivity contribution < 1.29 is 18.7 Å². The van der Waals surface area contributed by atoms with E-state index < -0.39 is 29.2 Å². The molecule has 1 aliphatic rings. The minimum Gasteiger partial charge on any atom is -0.386 e. The topological polar surface area (TPSA) is 92.1 Å². The molecule has 2 heterocycles. The molecular formula is C17H21F2N5O2. The fourth-order valence-electron chi connectivity index (χ4n) is 3.15. The molecule has 1 aliphatic heterocycles. The highest BCUT2D eigenvalue weighted by Gasteiger charge is 2.24. The fourth-order valence-corrected chi connectivity index (χ4v) is 3.15. The molecule has 7 nitrogen and oxygen atoms in total. The van der Waals surface area contributed by atoms with E-state index in [0.717, 1.165) is 38.1 Å². The van der Waals surface area contributed by atoms with E-state index in [2.05, 4.69) is 20.9 Å². The van der Waals surface area contributed by atoms with Crippen molar-refractivity contribution in [2.24, 2.45) is 0 Å². The molecule has 3 N–H and O–H groups in total. The van der Waals surface area contributed by atoms with E-state index in [1.165, 1.54) is 6.07 Å². The molecule has 1 aromatic heterocycles. The molecule has 0 saturated carbocycles. The van der Waals surface area contributed by atoms with Gasteiger partial charge in [-0.2, -0.15) is 0 Å². The Kier molecular flexibility index (Phi) is 5.58. The van der Waals surface area contributed by atoms with Gasteiger partial charge >= 0.3 is 0 Å². The highest BCUT2D eigenvalue weighted by atomic mass is 19.1. The third-order valence-electron chi connectivity index (χ3n) is 4.59. The molecule has 0 aliphatic carbocycles. The number of aliphatic hydroxyl groups excluding tert-OH is 1. The van der Waals surface area contributed by atoms with Gasteiger partial charge in [-0.15, -0.1) is 5.10 Å². The van der Waals surface area contributed by atoms with Crippen molar-refractivity contribution in [2.75, 3.05) is 19.6 Å². The molecule has 1 atom stereocenters. The van der Waals surface area contributed by atoms with Crippen molar-refractivity contribution in [1.29, 1.82) is 0 Å². The number of nitrogens with zero attached hydrogens (tertiary/aromatic N) is 3. The van der Waals surface area contributed by atoms with Gasteiger partial charge in [0.1, 0.15) is 17.7 Å². The maximum atomic E-state index is 13.7. The Morgan fingerprint density at radius 2 is 2.04 bits per heavy atom. The lowest BCUT2D eigenvalue weighted by Crippen LogP contribution is -2.31. The van der Waals surface area contributed by atoms with Crippen LogP contribution in [0.25, 0.3) is 0 Å². The molecule has 26 heavy (non-hydrogen) atoms. The maximum absolute atomic E-state index is 13.7. The molecule has 1 saturated heterocycles. The Labute approximate surface area is 149 Å². The largest absolute Gasteiger partial charge is 0.386 e. The smallest absolute Gasteiger partial charge is 0.273 e. The number of piperidine rings is 1. The van der Waals surface area contributed by atoms with Crippen LogP contribution in [0.2, 0.25) is 0 Å². The van der Waals surface area contributed by atoms with E-state index in [-0.39, 0.29) is 18.3 Å². The molecule has 9 heteroatoms. The molecule has 140 valence electrons. The quantitative estimate of drug-likeness (QED) is 0.742. The SMILES string of the molecule is Cc1c(C(=O)NC[C@@H](O)c2c(F)cccc2F)nnn1C1CCNCC1. The molecule has 1 fully saturated rings. The summed E-state index contributed by atoms with van der Waals surface area (Å²) in [6.07, 6.45) is 0.299. The van der Waals surface area contributed by atoms with Crippen molar-refractivity contribution in [3.63, 3.8) is 0 Å². The van der Waals surface area contributed by atoms with E-state index in [1.807, 2.05) is 0 Å². The normalized spacial score (nSPS) is 16.5. The number of benzene rings is 1. The number of halogens is 2. The summed E-state index contributed by atoms with van der Waals surface area (Å²) in [7, 11) is 0. The summed E-state index contributed by atoms with van der Waals surface area (Å²) in [6.45, 7) is 3.18. The molecule has 0 unspecified atom stereocenters. The second-order valence-corrected chi connectivity index (χ2v) is 6.31. The minimum absolute atomic E-state index is 0.143. The van der Waals surface area contributed by atoms with Crippen LogP contribution in [-0.4, -0.2) is 45.6 Å². The van der Waals surface area contributed by atoms with Crippen LogP contribution in [0.4, 0.5) is 8.78 Å². The van der Waals surface area contributed by atoms with Gasteiger partial charge in [0.05, 0.1) is 17.3 Å². The van der Waals surface area contributed by atoms with Crippen molar-refractivity contribution in [3.05, 3.63) is 46.8 Å². The molecule has 0 bridgehead atoms. The zero-order valence-electron chi connectivity index (χ0n) is 14.4. The van der Waals surface area contributed by atoms with Gasteiger partial charge in [-0.3, -0.25) is 4.79 Å². The lowest BCUT2D eigenvalue weighted by molar-refractivity contribution is 0.0905. The molecule has 3 rings (SSSR count). The van der Waals surface area contributed by atoms with Crippen LogP contribution in [0.1, 0.15) is 46.7 Å². The van der Waals surface area contributed by atoms with Crippen LogP contribution in [0.5, 0.6) is 0 Å². The summed E-state index contributed by atoms with van der Waals surface area (Å²) in [5.41, 5.74) is 0.300.